The maximum absolute atomic E-state index is 13.2. The lowest BCUT2D eigenvalue weighted by Gasteiger charge is -2.43. The van der Waals surface area contributed by atoms with Gasteiger partial charge in [-0.15, -0.1) is 0 Å². The minimum absolute atomic E-state index is 0.0458. The van der Waals surface area contributed by atoms with Gasteiger partial charge in [-0.3, -0.25) is 14.5 Å². The molecule has 5 N–H and O–H groups in total. The Balaban J connectivity index is 0.860. The van der Waals surface area contributed by atoms with E-state index < -0.39 is 18.2 Å². The van der Waals surface area contributed by atoms with Crippen LogP contribution >= 0.6 is 0 Å². The van der Waals surface area contributed by atoms with E-state index in [2.05, 4.69) is 20.5 Å². The average molecular weight is 774 g/mol. The SMILES string of the molecule is CN(CCCCNC[C@H](O)c1ccc(O)c2[nH]c(=O)ccc12)C(=O)c1ccc(COc2cccc(C(NC(=O)O[C@H]3CN4CCC3CC4)c3ccccc3)c2)cc1. The van der Waals surface area contributed by atoms with E-state index >= 15 is 0 Å². The number of benzene rings is 4. The van der Waals surface area contributed by atoms with Gasteiger partial charge < -0.3 is 40.2 Å². The number of carbonyl (C=O) groups excluding carboxylic acids is 2. The van der Waals surface area contributed by atoms with Crippen LogP contribution in [-0.2, 0) is 11.3 Å². The maximum atomic E-state index is 13.2. The topological polar surface area (TPSA) is 156 Å². The number of rotatable bonds is 16. The van der Waals surface area contributed by atoms with Crippen LogP contribution in [0, 0.1) is 5.92 Å². The molecule has 12 heteroatoms. The van der Waals surface area contributed by atoms with Gasteiger partial charge in [-0.1, -0.05) is 60.7 Å². The van der Waals surface area contributed by atoms with Gasteiger partial charge in [0.1, 0.15) is 24.2 Å². The smallest absolute Gasteiger partial charge is 0.408 e. The highest BCUT2D eigenvalue weighted by atomic mass is 16.6. The number of hydrogen-bond acceptors (Lipinski definition) is 9. The standard InChI is InChI=1S/C45H51N5O7/c1-49(23-6-5-22-46-27-39(52)36-16-18-38(51)43-37(36)17-19-41(53)47-43)44(54)33-14-12-30(13-15-33)29-56-35-11-7-10-34(26-35)42(32-8-3-2-4-9-32)48-45(55)57-40-28-50-24-20-31(40)21-25-50/h2-4,7-19,26,31,39-40,42,46,51-52H,5-6,20-25,27-29H2,1H3,(H,47,53)(H,48,55)/t39-,40-,42?/m0/s1. The first-order valence-electron chi connectivity index (χ1n) is 19.8. The number of hydrogen-bond donors (Lipinski definition) is 5. The zero-order chi connectivity index (χ0) is 39.7. The molecule has 1 aromatic heterocycles. The molecule has 4 heterocycles. The van der Waals surface area contributed by atoms with Crippen molar-refractivity contribution >= 4 is 22.9 Å². The molecule has 298 valence electrons. The summed E-state index contributed by atoms with van der Waals surface area (Å²) >= 11 is 0. The van der Waals surface area contributed by atoms with E-state index in [0.717, 1.165) is 62.0 Å². The highest BCUT2D eigenvalue weighted by Crippen LogP contribution is 2.31. The van der Waals surface area contributed by atoms with Crippen molar-refractivity contribution < 1.29 is 29.3 Å². The van der Waals surface area contributed by atoms with Crippen LogP contribution in [0.1, 0.15) is 70.4 Å². The molecule has 0 spiro atoms. The normalized spacial score (nSPS) is 18.5. The molecule has 0 radical (unpaired) electrons. The third kappa shape index (κ3) is 10.0. The van der Waals surface area contributed by atoms with Crippen molar-refractivity contribution in [2.45, 2.75) is 50.5 Å². The molecule has 3 atom stereocenters. The molecule has 1 unspecified atom stereocenters. The minimum atomic E-state index is -0.826. The van der Waals surface area contributed by atoms with E-state index in [-0.39, 0.29) is 23.3 Å². The zero-order valence-corrected chi connectivity index (χ0v) is 32.2. The predicted octanol–water partition coefficient (Wildman–Crippen LogP) is 5.90. The number of phenols is 1. The third-order valence-corrected chi connectivity index (χ3v) is 11.1. The molecule has 3 fully saturated rings. The number of aromatic nitrogens is 1. The Morgan fingerprint density at radius 2 is 1.70 bits per heavy atom. The van der Waals surface area contributed by atoms with Crippen molar-refractivity contribution in [3.05, 3.63) is 141 Å². The van der Waals surface area contributed by atoms with E-state index in [0.29, 0.717) is 59.9 Å². The molecule has 2 bridgehead atoms. The Kier molecular flexibility index (Phi) is 12.8. The molecule has 12 nitrogen and oxygen atoms in total. The van der Waals surface area contributed by atoms with Gasteiger partial charge in [0, 0.05) is 43.7 Å². The van der Waals surface area contributed by atoms with Crippen LogP contribution in [-0.4, -0.2) is 89.4 Å². The Morgan fingerprint density at radius 3 is 2.46 bits per heavy atom. The Bertz CT molecular complexity index is 2190. The number of nitrogens with zero attached hydrogens (tertiary/aromatic N) is 2. The molecule has 57 heavy (non-hydrogen) atoms. The molecule has 5 aromatic rings. The number of fused-ring (bicyclic) bond motifs is 4. The summed E-state index contributed by atoms with van der Waals surface area (Å²) in [4.78, 5) is 44.8. The van der Waals surface area contributed by atoms with Crippen molar-refractivity contribution in [2.75, 3.05) is 46.3 Å². The number of pyridine rings is 1. The van der Waals surface area contributed by atoms with Gasteiger partial charge in [0.25, 0.3) is 5.91 Å². The largest absolute Gasteiger partial charge is 0.506 e. The number of aromatic hydroxyl groups is 1. The second-order valence-electron chi connectivity index (χ2n) is 15.1. The summed E-state index contributed by atoms with van der Waals surface area (Å²) < 4.78 is 12.2. The molecule has 3 aliphatic rings. The lowest BCUT2D eigenvalue weighted by atomic mass is 9.86. The average Bonchev–Trinajstić information content (AvgIpc) is 3.24. The number of aliphatic hydroxyl groups is 1. The number of piperidine rings is 3. The Morgan fingerprint density at radius 1 is 0.930 bits per heavy atom. The number of nitrogens with one attached hydrogen (secondary N) is 3. The van der Waals surface area contributed by atoms with Crippen molar-refractivity contribution in [1.29, 1.82) is 0 Å². The fraction of sp³-hybridized carbons (Fsp3) is 0.356. The van der Waals surface area contributed by atoms with Gasteiger partial charge >= 0.3 is 6.09 Å². The van der Waals surface area contributed by atoms with Gasteiger partial charge in [0.2, 0.25) is 5.56 Å². The number of aromatic amines is 1. The minimum Gasteiger partial charge on any atom is -0.506 e. The molecule has 3 saturated heterocycles. The van der Waals surface area contributed by atoms with Crippen LogP contribution in [0.5, 0.6) is 11.5 Å². The second kappa shape index (κ2) is 18.5. The van der Waals surface area contributed by atoms with E-state index in [1.54, 1.807) is 24.1 Å². The van der Waals surface area contributed by atoms with Crippen LogP contribution in [0.25, 0.3) is 10.9 Å². The van der Waals surface area contributed by atoms with Crippen LogP contribution in [0.3, 0.4) is 0 Å². The molecule has 3 aliphatic heterocycles. The van der Waals surface area contributed by atoms with Crippen molar-refractivity contribution in [2.24, 2.45) is 5.92 Å². The first-order valence-corrected chi connectivity index (χ1v) is 19.8. The van der Waals surface area contributed by atoms with E-state index in [1.807, 2.05) is 78.9 Å². The Labute approximate surface area is 332 Å². The number of carbonyl (C=O) groups is 2. The molecular formula is C45H51N5O7. The molecule has 2 amide bonds. The van der Waals surface area contributed by atoms with Gasteiger partial charge in [-0.05, 0) is 110 Å². The summed E-state index contributed by atoms with van der Waals surface area (Å²) in [6.45, 7) is 4.80. The number of alkyl carbamates (subject to hydrolysis) is 1. The maximum Gasteiger partial charge on any atom is 0.408 e. The highest BCUT2D eigenvalue weighted by molar-refractivity contribution is 5.94. The zero-order valence-electron chi connectivity index (χ0n) is 32.2. The summed E-state index contributed by atoms with van der Waals surface area (Å²) in [6, 6.07) is 30.7. The van der Waals surface area contributed by atoms with Crippen LogP contribution in [0.15, 0.2) is 108 Å². The summed E-state index contributed by atoms with van der Waals surface area (Å²) in [5, 5.41) is 27.8. The number of ether oxygens (including phenoxy) is 2. The fourth-order valence-electron chi connectivity index (χ4n) is 7.85. The van der Waals surface area contributed by atoms with E-state index in [9.17, 15) is 24.6 Å². The number of unbranched alkanes of at least 4 members (excludes halogenated alkanes) is 1. The van der Waals surface area contributed by atoms with Crippen LogP contribution in [0.4, 0.5) is 4.79 Å². The summed E-state index contributed by atoms with van der Waals surface area (Å²) in [5.74, 6) is 0.973. The molecule has 0 aliphatic carbocycles. The predicted molar refractivity (Wildman–Crippen MR) is 218 cm³/mol. The van der Waals surface area contributed by atoms with E-state index in [1.165, 1.54) is 12.1 Å². The molecule has 8 rings (SSSR count). The first-order chi connectivity index (χ1) is 27.7. The number of amides is 2. The highest BCUT2D eigenvalue weighted by Gasteiger charge is 2.37. The summed E-state index contributed by atoms with van der Waals surface area (Å²) in [5.41, 5.74) is 3.92. The molecular weight excluding hydrogens is 723 g/mol. The summed E-state index contributed by atoms with van der Waals surface area (Å²) in [7, 11) is 1.79. The van der Waals surface area contributed by atoms with Crippen molar-refractivity contribution in [1.82, 2.24) is 25.4 Å². The van der Waals surface area contributed by atoms with Gasteiger partial charge in [-0.25, -0.2) is 4.79 Å². The first kappa shape index (κ1) is 39.5. The molecule has 4 aromatic carbocycles. The monoisotopic (exact) mass is 773 g/mol. The van der Waals surface area contributed by atoms with Crippen LogP contribution < -0.4 is 20.9 Å². The van der Waals surface area contributed by atoms with Crippen molar-refractivity contribution in [3.63, 3.8) is 0 Å². The van der Waals surface area contributed by atoms with Crippen LogP contribution in [0.2, 0.25) is 0 Å². The Hall–Kier alpha value is -5.69. The van der Waals surface area contributed by atoms with Crippen molar-refractivity contribution in [3.8, 4) is 11.5 Å². The van der Waals surface area contributed by atoms with E-state index in [4.69, 9.17) is 9.47 Å². The lowest BCUT2D eigenvalue weighted by molar-refractivity contribution is -0.0336. The van der Waals surface area contributed by atoms with Gasteiger partial charge in [-0.2, -0.15) is 0 Å². The third-order valence-electron chi connectivity index (χ3n) is 11.1. The number of aliphatic hydroxyl groups excluding tert-OH is 1. The number of H-pyrrole nitrogens is 1. The second-order valence-corrected chi connectivity index (χ2v) is 15.1. The van der Waals surface area contributed by atoms with Gasteiger partial charge in [0.05, 0.1) is 17.7 Å². The quantitative estimate of drug-likeness (QED) is 0.0772. The fourth-order valence-corrected chi connectivity index (χ4v) is 7.85. The summed E-state index contributed by atoms with van der Waals surface area (Å²) in [6.07, 6.45) is 2.39. The lowest BCUT2D eigenvalue weighted by Crippen LogP contribution is -2.52. The number of phenolic OH excluding ortho intramolecular Hbond substituents is 1. The molecule has 0 saturated carbocycles. The van der Waals surface area contributed by atoms with Gasteiger partial charge in [0.15, 0.2) is 0 Å².